The highest BCUT2D eigenvalue weighted by Crippen LogP contribution is 2.12. The Labute approximate surface area is 98.9 Å². The highest BCUT2D eigenvalue weighted by Gasteiger charge is 2.05. The molecule has 0 saturated carbocycles. The van der Waals surface area contributed by atoms with Crippen molar-refractivity contribution in [3.63, 3.8) is 0 Å². The zero-order valence-corrected chi connectivity index (χ0v) is 9.86. The monoisotopic (exact) mass is 230 g/mol. The van der Waals surface area contributed by atoms with Crippen LogP contribution in [-0.4, -0.2) is 17.5 Å². The van der Waals surface area contributed by atoms with E-state index < -0.39 is 0 Å². The lowest BCUT2D eigenvalue weighted by Crippen LogP contribution is -2.24. The SMILES string of the molecule is CNC(=O)Cn1ccc(=O)c2cc(C)ccc21. The molecule has 2 rings (SSSR count). The first-order valence-electron chi connectivity index (χ1n) is 5.42. The van der Waals surface area contributed by atoms with Crippen molar-refractivity contribution < 1.29 is 4.79 Å². The lowest BCUT2D eigenvalue weighted by atomic mass is 10.1. The molecule has 88 valence electrons. The quantitative estimate of drug-likeness (QED) is 0.838. The number of pyridine rings is 1. The van der Waals surface area contributed by atoms with Gasteiger partial charge in [-0.3, -0.25) is 9.59 Å². The highest BCUT2D eigenvalue weighted by atomic mass is 16.1. The van der Waals surface area contributed by atoms with Crippen LogP contribution in [0.4, 0.5) is 0 Å². The van der Waals surface area contributed by atoms with Gasteiger partial charge in [-0.2, -0.15) is 0 Å². The van der Waals surface area contributed by atoms with Gasteiger partial charge in [0.05, 0.1) is 5.52 Å². The highest BCUT2D eigenvalue weighted by molar-refractivity contribution is 5.82. The molecule has 1 aromatic carbocycles. The van der Waals surface area contributed by atoms with E-state index in [2.05, 4.69) is 5.32 Å². The number of nitrogens with one attached hydrogen (secondary N) is 1. The summed E-state index contributed by atoms with van der Waals surface area (Å²) in [4.78, 5) is 23.1. The number of carbonyl (C=O) groups is 1. The summed E-state index contributed by atoms with van der Waals surface area (Å²) in [6.07, 6.45) is 1.65. The minimum atomic E-state index is -0.0875. The zero-order valence-electron chi connectivity index (χ0n) is 9.86. The Hall–Kier alpha value is -2.10. The summed E-state index contributed by atoms with van der Waals surface area (Å²) in [6, 6.07) is 7.14. The third-order valence-electron chi connectivity index (χ3n) is 2.73. The Bertz CT molecular complexity index is 629. The molecule has 4 heteroatoms. The maximum Gasteiger partial charge on any atom is 0.239 e. The summed E-state index contributed by atoms with van der Waals surface area (Å²) in [5.41, 5.74) is 1.80. The third kappa shape index (κ3) is 2.20. The molecule has 0 saturated heterocycles. The molecular weight excluding hydrogens is 216 g/mol. The van der Waals surface area contributed by atoms with Gasteiger partial charge in [-0.1, -0.05) is 11.6 Å². The summed E-state index contributed by atoms with van der Waals surface area (Å²) in [5, 5.41) is 3.22. The molecule has 1 amide bonds. The van der Waals surface area contributed by atoms with Crippen molar-refractivity contribution in [2.45, 2.75) is 13.5 Å². The van der Waals surface area contributed by atoms with Gasteiger partial charge in [0.1, 0.15) is 6.54 Å². The molecule has 4 nitrogen and oxygen atoms in total. The van der Waals surface area contributed by atoms with E-state index in [-0.39, 0.29) is 17.9 Å². The standard InChI is InChI=1S/C13H14N2O2/c1-9-3-4-11-10(7-9)12(16)5-6-15(11)8-13(17)14-2/h3-7H,8H2,1-2H3,(H,14,17). The van der Waals surface area contributed by atoms with E-state index in [0.29, 0.717) is 5.39 Å². The second kappa shape index (κ2) is 4.41. The van der Waals surface area contributed by atoms with Crippen molar-refractivity contribution in [1.29, 1.82) is 0 Å². The predicted octanol–water partition coefficient (Wildman–Crippen LogP) is 1.06. The topological polar surface area (TPSA) is 51.1 Å². The van der Waals surface area contributed by atoms with Crippen molar-refractivity contribution in [2.24, 2.45) is 0 Å². The first kappa shape index (κ1) is 11.4. The average Bonchev–Trinajstić information content (AvgIpc) is 2.33. The molecule has 1 aromatic heterocycles. The van der Waals surface area contributed by atoms with Crippen LogP contribution in [0.25, 0.3) is 10.9 Å². The van der Waals surface area contributed by atoms with Gasteiger partial charge in [0.25, 0.3) is 0 Å². The molecular formula is C13H14N2O2. The molecule has 0 unspecified atom stereocenters. The van der Waals surface area contributed by atoms with Crippen LogP contribution in [-0.2, 0) is 11.3 Å². The van der Waals surface area contributed by atoms with E-state index in [1.165, 1.54) is 6.07 Å². The average molecular weight is 230 g/mol. The number of likely N-dealkylation sites (N-methyl/N-ethyl adjacent to an activating group) is 1. The van der Waals surface area contributed by atoms with Crippen LogP contribution in [0.15, 0.2) is 35.3 Å². The lowest BCUT2D eigenvalue weighted by molar-refractivity contribution is -0.121. The Morgan fingerprint density at radius 3 is 2.82 bits per heavy atom. The van der Waals surface area contributed by atoms with E-state index in [9.17, 15) is 9.59 Å². The number of fused-ring (bicyclic) bond motifs is 1. The molecule has 0 spiro atoms. The second-order valence-corrected chi connectivity index (χ2v) is 4.00. The molecule has 0 bridgehead atoms. The van der Waals surface area contributed by atoms with Crippen molar-refractivity contribution in [3.8, 4) is 0 Å². The molecule has 0 radical (unpaired) electrons. The second-order valence-electron chi connectivity index (χ2n) is 4.00. The molecule has 0 aliphatic heterocycles. The Morgan fingerprint density at radius 2 is 2.12 bits per heavy atom. The molecule has 0 aliphatic carbocycles. The van der Waals surface area contributed by atoms with E-state index in [4.69, 9.17) is 0 Å². The lowest BCUT2D eigenvalue weighted by Gasteiger charge is -2.09. The summed E-state index contributed by atoms with van der Waals surface area (Å²) < 4.78 is 1.77. The van der Waals surface area contributed by atoms with Gasteiger partial charge in [-0.25, -0.2) is 0 Å². The van der Waals surface area contributed by atoms with Gasteiger partial charge >= 0.3 is 0 Å². The summed E-state index contributed by atoms with van der Waals surface area (Å²) in [7, 11) is 1.59. The first-order valence-corrected chi connectivity index (χ1v) is 5.42. The Morgan fingerprint density at radius 1 is 1.35 bits per heavy atom. The van der Waals surface area contributed by atoms with Crippen LogP contribution in [0, 0.1) is 6.92 Å². The van der Waals surface area contributed by atoms with Crippen molar-refractivity contribution in [1.82, 2.24) is 9.88 Å². The fraction of sp³-hybridized carbons (Fsp3) is 0.231. The molecule has 0 aliphatic rings. The van der Waals surface area contributed by atoms with Crippen molar-refractivity contribution >= 4 is 16.8 Å². The van der Waals surface area contributed by atoms with Gasteiger partial charge in [0.15, 0.2) is 5.43 Å². The smallest absolute Gasteiger partial charge is 0.239 e. The fourth-order valence-corrected chi connectivity index (χ4v) is 1.80. The van der Waals surface area contributed by atoms with Crippen LogP contribution >= 0.6 is 0 Å². The fourth-order valence-electron chi connectivity index (χ4n) is 1.80. The van der Waals surface area contributed by atoms with Crippen LogP contribution < -0.4 is 10.7 Å². The minimum absolute atomic E-state index is 0.0168. The molecule has 0 fully saturated rings. The van der Waals surface area contributed by atoms with Gasteiger partial charge in [-0.05, 0) is 19.1 Å². The summed E-state index contributed by atoms with van der Waals surface area (Å²) in [6.45, 7) is 2.16. The van der Waals surface area contributed by atoms with Gasteiger partial charge in [-0.15, -0.1) is 0 Å². The normalized spacial score (nSPS) is 10.5. The number of aromatic nitrogens is 1. The maximum absolute atomic E-state index is 11.7. The van der Waals surface area contributed by atoms with Gasteiger partial charge in [0.2, 0.25) is 5.91 Å². The van der Waals surface area contributed by atoms with E-state index >= 15 is 0 Å². The van der Waals surface area contributed by atoms with Gasteiger partial charge < -0.3 is 9.88 Å². The minimum Gasteiger partial charge on any atom is -0.358 e. The van der Waals surface area contributed by atoms with Crippen molar-refractivity contribution in [2.75, 3.05) is 7.05 Å². The number of hydrogen-bond acceptors (Lipinski definition) is 2. The predicted molar refractivity (Wildman–Crippen MR) is 67.0 cm³/mol. The number of nitrogens with zero attached hydrogens (tertiary/aromatic N) is 1. The number of benzene rings is 1. The molecule has 0 atom stereocenters. The summed E-state index contributed by atoms with van der Waals surface area (Å²) in [5.74, 6) is -0.0875. The Kier molecular flexibility index (Phi) is 2.95. The molecule has 1 heterocycles. The van der Waals surface area contributed by atoms with E-state index in [0.717, 1.165) is 11.1 Å². The Balaban J connectivity index is 2.62. The number of rotatable bonds is 2. The van der Waals surface area contributed by atoms with Gasteiger partial charge in [0, 0.05) is 24.7 Å². The molecule has 2 aromatic rings. The summed E-state index contributed by atoms with van der Waals surface area (Å²) >= 11 is 0. The van der Waals surface area contributed by atoms with Crippen LogP contribution in [0.3, 0.4) is 0 Å². The van der Waals surface area contributed by atoms with E-state index in [1.807, 2.05) is 25.1 Å². The number of carbonyl (C=O) groups excluding carboxylic acids is 1. The van der Waals surface area contributed by atoms with E-state index in [1.54, 1.807) is 17.8 Å². The molecule has 17 heavy (non-hydrogen) atoms. The van der Waals surface area contributed by atoms with Crippen LogP contribution in [0.1, 0.15) is 5.56 Å². The number of amides is 1. The molecule has 1 N–H and O–H groups in total. The maximum atomic E-state index is 11.7. The largest absolute Gasteiger partial charge is 0.358 e. The third-order valence-corrected chi connectivity index (χ3v) is 2.73. The van der Waals surface area contributed by atoms with Crippen LogP contribution in [0.2, 0.25) is 0 Å². The first-order chi connectivity index (χ1) is 8.11. The zero-order chi connectivity index (χ0) is 12.4. The van der Waals surface area contributed by atoms with Crippen molar-refractivity contribution in [3.05, 3.63) is 46.2 Å². The number of aryl methyl sites for hydroxylation is 1. The number of hydrogen-bond donors (Lipinski definition) is 1. The van der Waals surface area contributed by atoms with Crippen LogP contribution in [0.5, 0.6) is 0 Å².